The van der Waals surface area contributed by atoms with Crippen molar-refractivity contribution >= 4 is 76.0 Å². The lowest BCUT2D eigenvalue weighted by atomic mass is 9.91. The predicted octanol–water partition coefficient (Wildman–Crippen LogP) is 32.9. The number of H-pyrrole nitrogens is 2. The number of nitrogens with zero attached hydrogens (tertiary/aromatic N) is 6. The molecule has 0 fully saturated rings. The van der Waals surface area contributed by atoms with Crippen molar-refractivity contribution in [3.05, 3.63) is 78.7 Å². The molecule has 12 heteroatoms. The van der Waals surface area contributed by atoms with Gasteiger partial charge in [0, 0.05) is 32.7 Å². The molecule has 0 unspecified atom stereocenters. The van der Waals surface area contributed by atoms with Gasteiger partial charge in [0.2, 0.25) is 0 Å². The summed E-state index contributed by atoms with van der Waals surface area (Å²) in [5, 5.41) is 4.76. The second kappa shape index (κ2) is 52.5. The van der Waals surface area contributed by atoms with E-state index in [0.29, 0.717) is 42.2 Å². The third-order valence-electron chi connectivity index (χ3n) is 24.3. The Balaban J connectivity index is 1.40. The van der Waals surface area contributed by atoms with Gasteiger partial charge in [-0.15, -0.1) is 0 Å². The highest BCUT2D eigenvalue weighted by Crippen LogP contribution is 2.55. The Morgan fingerprint density at radius 3 is 0.679 bits per heavy atom. The lowest BCUT2D eigenvalue weighted by Crippen LogP contribution is -2.04. The molecule has 5 heterocycles. The summed E-state index contributed by atoms with van der Waals surface area (Å²) >= 11 is 8.33. The van der Waals surface area contributed by atoms with Crippen LogP contribution in [0.1, 0.15) is 423 Å². The minimum atomic E-state index is 0.527. The van der Waals surface area contributed by atoms with Crippen molar-refractivity contribution in [1.29, 1.82) is 0 Å². The monoisotopic (exact) mass is 1660 g/mol. The van der Waals surface area contributed by atoms with Crippen LogP contribution in [0.3, 0.4) is 0 Å². The van der Waals surface area contributed by atoms with E-state index in [0.717, 1.165) is 168 Å². The maximum atomic E-state index is 7.13. The van der Waals surface area contributed by atoms with Gasteiger partial charge in [-0.1, -0.05) is 374 Å². The number of aryl methyl sites for hydroxylation is 6. The van der Waals surface area contributed by atoms with Gasteiger partial charge in [0.25, 0.3) is 0 Å². The zero-order valence-electron chi connectivity index (χ0n) is 72.1. The van der Waals surface area contributed by atoms with Gasteiger partial charge >= 0.3 is 0 Å². The number of aromatic nitrogens is 8. The standard InChI is InChI=1S/C100H152Br2N8O2/c1-9-17-25-31-37-43-49-55-61-75-67-68-76(62-56-50-44-38-32-26-18-10-2)82-81(75)93-103-94(82)105-96-84-78(64-58-52-46-40-34-28-20-12-4)70-72-80(66-60-54-48-42-36-30-22-14-6)86(84)98(107-96)109-100-88-87(91(111-73-23-15-7)89(101)90(102)92(88)112-74-24-16-8)99(110-100)108-97-85-79(65-59-53-47-41-35-29-21-13-5)71-69-77(83(85)95(104-93)106-97)63-57-51-45-39-33-27-19-11-3/h67-72H,9-66,73-74H2,1-8H3,(H2,103,104,105,106,107,108,109,110). The Labute approximate surface area is 697 Å². The van der Waals surface area contributed by atoms with E-state index < -0.39 is 0 Å². The summed E-state index contributed by atoms with van der Waals surface area (Å²) in [6.07, 6.45) is 70.2. The molecular formula is C100H152Br2N8O2. The number of hydrogen-bond acceptors (Lipinski definition) is 8. The van der Waals surface area contributed by atoms with Gasteiger partial charge in [0.15, 0.2) is 23.3 Å². The fraction of sp³-hybridized carbons (Fsp3) is 0.680. The van der Waals surface area contributed by atoms with Crippen LogP contribution in [0.25, 0.3) is 89.7 Å². The highest BCUT2D eigenvalue weighted by molar-refractivity contribution is 9.13. The quantitative estimate of drug-likeness (QED) is 0.0361. The van der Waals surface area contributed by atoms with E-state index in [1.807, 2.05) is 0 Å². The van der Waals surface area contributed by atoms with Crippen molar-refractivity contribution in [2.24, 2.45) is 0 Å². The zero-order chi connectivity index (χ0) is 78.8. The summed E-state index contributed by atoms with van der Waals surface area (Å²) in [6, 6.07) is 14.8. The molecular weight excluding hydrogens is 1500 g/mol. The molecule has 8 bridgehead atoms. The maximum Gasteiger partial charge on any atom is 0.168 e. The molecule has 0 radical (unpaired) electrons. The molecule has 3 aromatic heterocycles. The number of hydrogen-bond donors (Lipinski definition) is 2. The van der Waals surface area contributed by atoms with Crippen molar-refractivity contribution in [1.82, 2.24) is 39.9 Å². The molecule has 0 saturated heterocycles. The average Bonchev–Trinajstić information content (AvgIpc) is 1.57. The van der Waals surface area contributed by atoms with Crippen molar-refractivity contribution < 1.29 is 9.47 Å². The fourth-order valence-electron chi connectivity index (χ4n) is 17.6. The van der Waals surface area contributed by atoms with Crippen molar-refractivity contribution in [3.63, 3.8) is 0 Å². The van der Waals surface area contributed by atoms with Crippen molar-refractivity contribution in [2.75, 3.05) is 13.2 Å². The van der Waals surface area contributed by atoms with Gasteiger partial charge in [-0.05, 0) is 155 Å². The molecule has 0 atom stereocenters. The molecule has 0 saturated carbocycles. The summed E-state index contributed by atoms with van der Waals surface area (Å²) in [6.45, 7) is 19.4. The number of nitrogens with one attached hydrogen (secondary N) is 2. The van der Waals surface area contributed by atoms with Gasteiger partial charge in [0.05, 0.1) is 33.3 Å². The average molecular weight is 1660 g/mol. The normalized spacial score (nSPS) is 12.0. The molecule has 2 aliphatic heterocycles. The van der Waals surface area contributed by atoms with Crippen molar-refractivity contribution in [3.8, 4) is 57.1 Å². The summed E-state index contributed by atoms with van der Waals surface area (Å²) in [4.78, 5) is 44.5. The highest BCUT2D eigenvalue weighted by Gasteiger charge is 2.35. The Morgan fingerprint density at radius 2 is 0.420 bits per heavy atom. The number of halogens is 2. The Bertz CT molecular complexity index is 4060. The molecule has 10 nitrogen and oxygen atoms in total. The van der Waals surface area contributed by atoms with Gasteiger partial charge in [-0.3, -0.25) is 0 Å². The number of unbranched alkanes of at least 4 members (excludes halogenated alkanes) is 44. The van der Waals surface area contributed by atoms with Crippen LogP contribution in [0, 0.1) is 0 Å². The van der Waals surface area contributed by atoms with Gasteiger partial charge in [-0.25, -0.2) is 29.9 Å². The Kier molecular flexibility index (Phi) is 42.5. The summed E-state index contributed by atoms with van der Waals surface area (Å²) in [5.74, 6) is 3.84. The second-order valence-corrected chi connectivity index (χ2v) is 35.4. The van der Waals surface area contributed by atoms with E-state index in [9.17, 15) is 0 Å². The fourth-order valence-corrected chi connectivity index (χ4v) is 18.6. The number of aromatic amines is 2. The minimum absolute atomic E-state index is 0.527. The molecule has 618 valence electrons. The van der Waals surface area contributed by atoms with E-state index in [-0.39, 0.29) is 0 Å². The number of rotatable bonds is 62. The van der Waals surface area contributed by atoms with E-state index in [1.54, 1.807) is 0 Å². The topological polar surface area (TPSA) is 127 Å². The summed E-state index contributed by atoms with van der Waals surface area (Å²) in [7, 11) is 0. The van der Waals surface area contributed by atoms with Crippen LogP contribution >= 0.6 is 31.9 Å². The second-order valence-electron chi connectivity index (χ2n) is 33.8. The van der Waals surface area contributed by atoms with Gasteiger partial charge in [-0.2, -0.15) is 0 Å². The smallest absolute Gasteiger partial charge is 0.168 e. The van der Waals surface area contributed by atoms with E-state index in [2.05, 4.69) is 134 Å². The van der Waals surface area contributed by atoms with E-state index in [4.69, 9.17) is 39.4 Å². The minimum Gasteiger partial charge on any atom is -0.492 e. The SMILES string of the molecule is CCCCCCCCCCc1ccc(CCCCCCCCCC)c2c1-c1nc-2nc2[nH]c(nc3[nH]c(nc4nc(n1)-c1c(OCCCC)c(Br)c(Br)c(OCCCC)c1-4)c1c(CCCCCCCCCC)ccc(CCCCCCCCCC)c31)c1c(CCCCCCCCCC)ccc(CCCCCCCCCC)c21. The Hall–Kier alpha value is -5.20. The maximum absolute atomic E-state index is 7.13. The van der Waals surface area contributed by atoms with Crippen LogP contribution in [0.5, 0.6) is 11.5 Å². The van der Waals surface area contributed by atoms with E-state index >= 15 is 0 Å². The van der Waals surface area contributed by atoms with Crippen LogP contribution in [-0.4, -0.2) is 53.1 Å². The molecule has 7 aromatic rings. The van der Waals surface area contributed by atoms with E-state index in [1.165, 1.54) is 319 Å². The molecule has 9 rings (SSSR count). The molecule has 2 N–H and O–H groups in total. The highest BCUT2D eigenvalue weighted by atomic mass is 79.9. The number of fused-ring (bicyclic) bond motifs is 20. The zero-order valence-corrected chi connectivity index (χ0v) is 75.3. The van der Waals surface area contributed by atoms with Crippen LogP contribution in [0.15, 0.2) is 45.3 Å². The third-order valence-corrected chi connectivity index (χ3v) is 26.4. The predicted molar refractivity (Wildman–Crippen MR) is 490 cm³/mol. The molecule has 0 aliphatic carbocycles. The van der Waals surface area contributed by atoms with Crippen molar-refractivity contribution in [2.45, 2.75) is 428 Å². The first-order valence-corrected chi connectivity index (χ1v) is 48.9. The molecule has 2 aliphatic rings. The number of benzene rings is 4. The first-order chi connectivity index (χ1) is 55.2. The number of ether oxygens (including phenoxy) is 2. The first-order valence-electron chi connectivity index (χ1n) is 47.3. The Morgan fingerprint density at radius 1 is 0.223 bits per heavy atom. The van der Waals surface area contributed by atoms with Gasteiger partial charge < -0.3 is 19.4 Å². The van der Waals surface area contributed by atoms with Crippen LogP contribution < -0.4 is 9.47 Å². The molecule has 0 spiro atoms. The van der Waals surface area contributed by atoms with Gasteiger partial charge in [0.1, 0.15) is 34.1 Å². The summed E-state index contributed by atoms with van der Waals surface area (Å²) < 4.78 is 15.8. The largest absolute Gasteiger partial charge is 0.492 e. The first kappa shape index (κ1) is 90.7. The molecule has 112 heavy (non-hydrogen) atoms. The van der Waals surface area contributed by atoms with Crippen LogP contribution in [-0.2, 0) is 38.5 Å². The lowest BCUT2D eigenvalue weighted by Gasteiger charge is -2.18. The third kappa shape index (κ3) is 27.2. The van der Waals surface area contributed by atoms with Crippen LogP contribution in [0.4, 0.5) is 0 Å². The lowest BCUT2D eigenvalue weighted by molar-refractivity contribution is 0.300. The van der Waals surface area contributed by atoms with Crippen LogP contribution in [0.2, 0.25) is 0 Å². The molecule has 4 aromatic carbocycles. The molecule has 0 amide bonds. The summed E-state index contributed by atoms with van der Waals surface area (Å²) in [5.41, 5.74) is 15.1.